The van der Waals surface area contributed by atoms with Crippen LogP contribution in [-0.4, -0.2) is 39.2 Å². The SMILES string of the molecule is NC(=O)C1CCCN1Cc1ccccc1NC(=O)c1cc2cccc([N+](=O)[O-])c2[nH]1. The highest BCUT2D eigenvalue weighted by molar-refractivity contribution is 6.07. The van der Waals surface area contributed by atoms with Crippen LogP contribution in [0.2, 0.25) is 0 Å². The van der Waals surface area contributed by atoms with Gasteiger partial charge in [-0.1, -0.05) is 30.3 Å². The first-order valence-corrected chi connectivity index (χ1v) is 9.63. The van der Waals surface area contributed by atoms with E-state index in [9.17, 15) is 19.7 Å². The van der Waals surface area contributed by atoms with Crippen molar-refractivity contribution >= 4 is 34.1 Å². The molecular weight excluding hydrogens is 386 g/mol. The van der Waals surface area contributed by atoms with Gasteiger partial charge in [-0.2, -0.15) is 0 Å². The van der Waals surface area contributed by atoms with E-state index < -0.39 is 10.8 Å². The van der Waals surface area contributed by atoms with Crippen LogP contribution in [0.4, 0.5) is 11.4 Å². The summed E-state index contributed by atoms with van der Waals surface area (Å²) in [4.78, 5) is 40.1. The normalized spacial score (nSPS) is 16.6. The molecule has 1 aliphatic rings. The number of carbonyl (C=O) groups excluding carboxylic acids is 2. The van der Waals surface area contributed by atoms with Gasteiger partial charge in [-0.25, -0.2) is 0 Å². The summed E-state index contributed by atoms with van der Waals surface area (Å²) in [5.41, 5.74) is 7.43. The zero-order valence-corrected chi connectivity index (χ0v) is 16.1. The average molecular weight is 407 g/mol. The van der Waals surface area contributed by atoms with Crippen LogP contribution in [0.3, 0.4) is 0 Å². The molecule has 2 amide bonds. The van der Waals surface area contributed by atoms with E-state index in [1.807, 2.05) is 23.1 Å². The van der Waals surface area contributed by atoms with Crippen molar-refractivity contribution in [1.82, 2.24) is 9.88 Å². The lowest BCUT2D eigenvalue weighted by Gasteiger charge is -2.23. The molecule has 1 atom stereocenters. The highest BCUT2D eigenvalue weighted by Crippen LogP contribution is 2.27. The number of amides is 2. The van der Waals surface area contributed by atoms with Crippen LogP contribution >= 0.6 is 0 Å². The summed E-state index contributed by atoms with van der Waals surface area (Å²) in [5.74, 6) is -0.741. The number of hydrogen-bond acceptors (Lipinski definition) is 5. The van der Waals surface area contributed by atoms with Crippen molar-refractivity contribution in [1.29, 1.82) is 0 Å². The number of fused-ring (bicyclic) bond motifs is 1. The zero-order chi connectivity index (χ0) is 21.3. The summed E-state index contributed by atoms with van der Waals surface area (Å²) in [5, 5.41) is 14.7. The third-order valence-electron chi connectivity index (χ3n) is 5.41. The number of para-hydroxylation sites is 2. The number of aromatic amines is 1. The number of nitro benzene ring substituents is 1. The maximum atomic E-state index is 12.8. The minimum Gasteiger partial charge on any atom is -0.368 e. The molecule has 0 radical (unpaired) electrons. The molecule has 4 N–H and O–H groups in total. The summed E-state index contributed by atoms with van der Waals surface area (Å²) in [6, 6.07) is 13.3. The number of nitro groups is 1. The second-order valence-corrected chi connectivity index (χ2v) is 7.32. The van der Waals surface area contributed by atoms with Gasteiger partial charge in [-0.05, 0) is 37.1 Å². The van der Waals surface area contributed by atoms with Crippen molar-refractivity contribution in [2.45, 2.75) is 25.4 Å². The Hall–Kier alpha value is -3.72. The Balaban J connectivity index is 1.57. The molecule has 1 aliphatic heterocycles. The number of anilines is 1. The van der Waals surface area contributed by atoms with Crippen molar-refractivity contribution in [2.75, 3.05) is 11.9 Å². The van der Waals surface area contributed by atoms with Crippen molar-refractivity contribution in [3.05, 3.63) is 69.9 Å². The maximum Gasteiger partial charge on any atom is 0.293 e. The van der Waals surface area contributed by atoms with Crippen LogP contribution in [0, 0.1) is 10.1 Å². The molecule has 0 bridgehead atoms. The lowest BCUT2D eigenvalue weighted by Crippen LogP contribution is -2.39. The van der Waals surface area contributed by atoms with Gasteiger partial charge in [0.1, 0.15) is 11.2 Å². The smallest absolute Gasteiger partial charge is 0.293 e. The number of likely N-dealkylation sites (tertiary alicyclic amines) is 1. The number of nitrogens with zero attached hydrogens (tertiary/aromatic N) is 2. The first-order chi connectivity index (χ1) is 14.4. The number of H-pyrrole nitrogens is 1. The molecule has 3 aromatic rings. The maximum absolute atomic E-state index is 12.8. The Kier molecular flexibility index (Phi) is 5.20. The number of aromatic nitrogens is 1. The fourth-order valence-corrected chi connectivity index (χ4v) is 3.94. The van der Waals surface area contributed by atoms with Gasteiger partial charge >= 0.3 is 0 Å². The number of carbonyl (C=O) groups is 2. The number of benzene rings is 2. The standard InChI is InChI=1S/C21H21N5O4/c22-20(27)18-9-4-10-25(18)12-14-5-1-2-7-15(14)24-21(28)16-11-13-6-3-8-17(26(29)30)19(13)23-16/h1-3,5-8,11,18,23H,4,9-10,12H2,(H2,22,27)(H,24,28). The fraction of sp³-hybridized carbons (Fsp3) is 0.238. The third kappa shape index (κ3) is 3.74. The molecule has 0 saturated carbocycles. The first kappa shape index (κ1) is 19.6. The average Bonchev–Trinajstić information content (AvgIpc) is 3.36. The van der Waals surface area contributed by atoms with Gasteiger partial charge in [-0.15, -0.1) is 0 Å². The molecule has 9 nitrogen and oxygen atoms in total. The van der Waals surface area contributed by atoms with Crippen LogP contribution in [0.1, 0.15) is 28.9 Å². The predicted octanol–water partition coefficient (Wildman–Crippen LogP) is 2.78. The molecular formula is C21H21N5O4. The quantitative estimate of drug-likeness (QED) is 0.427. The van der Waals surface area contributed by atoms with E-state index >= 15 is 0 Å². The predicted molar refractivity (Wildman–Crippen MR) is 112 cm³/mol. The van der Waals surface area contributed by atoms with Crippen LogP contribution in [0.15, 0.2) is 48.5 Å². The largest absolute Gasteiger partial charge is 0.368 e. The van der Waals surface area contributed by atoms with E-state index in [-0.39, 0.29) is 23.3 Å². The molecule has 154 valence electrons. The zero-order valence-electron chi connectivity index (χ0n) is 16.1. The van der Waals surface area contributed by atoms with E-state index in [0.29, 0.717) is 23.1 Å². The monoisotopic (exact) mass is 407 g/mol. The van der Waals surface area contributed by atoms with E-state index in [4.69, 9.17) is 5.73 Å². The topological polar surface area (TPSA) is 134 Å². The lowest BCUT2D eigenvalue weighted by atomic mass is 10.1. The molecule has 2 aromatic carbocycles. The van der Waals surface area contributed by atoms with Gasteiger partial charge in [0, 0.05) is 23.7 Å². The molecule has 9 heteroatoms. The highest BCUT2D eigenvalue weighted by Gasteiger charge is 2.29. The van der Waals surface area contributed by atoms with Gasteiger partial charge in [0.25, 0.3) is 11.6 Å². The molecule has 1 saturated heterocycles. The first-order valence-electron chi connectivity index (χ1n) is 9.63. The van der Waals surface area contributed by atoms with Gasteiger partial charge in [0.15, 0.2) is 0 Å². The molecule has 4 rings (SSSR count). The summed E-state index contributed by atoms with van der Waals surface area (Å²) >= 11 is 0. The number of hydrogen-bond donors (Lipinski definition) is 3. The Bertz CT molecular complexity index is 1140. The Morgan fingerprint density at radius 3 is 2.80 bits per heavy atom. The minimum absolute atomic E-state index is 0.0847. The van der Waals surface area contributed by atoms with Gasteiger partial charge in [-0.3, -0.25) is 24.6 Å². The molecule has 0 aliphatic carbocycles. The van der Waals surface area contributed by atoms with Crippen molar-refractivity contribution in [3.63, 3.8) is 0 Å². The van der Waals surface area contributed by atoms with E-state index in [0.717, 1.165) is 24.9 Å². The number of primary amides is 1. The Morgan fingerprint density at radius 1 is 1.23 bits per heavy atom. The van der Waals surface area contributed by atoms with Gasteiger partial charge in [0.05, 0.1) is 11.0 Å². The highest BCUT2D eigenvalue weighted by atomic mass is 16.6. The molecule has 2 heterocycles. The minimum atomic E-state index is -0.485. The molecule has 1 unspecified atom stereocenters. The second-order valence-electron chi connectivity index (χ2n) is 7.32. The lowest BCUT2D eigenvalue weighted by molar-refractivity contribution is -0.383. The van der Waals surface area contributed by atoms with Gasteiger partial charge < -0.3 is 16.0 Å². The second kappa shape index (κ2) is 7.96. The van der Waals surface area contributed by atoms with Crippen LogP contribution in [0.5, 0.6) is 0 Å². The van der Waals surface area contributed by atoms with E-state index in [1.165, 1.54) is 6.07 Å². The van der Waals surface area contributed by atoms with Gasteiger partial charge in [0.2, 0.25) is 5.91 Å². The Morgan fingerprint density at radius 2 is 2.03 bits per heavy atom. The van der Waals surface area contributed by atoms with E-state index in [1.54, 1.807) is 24.3 Å². The molecule has 1 aromatic heterocycles. The summed E-state index contributed by atoms with van der Waals surface area (Å²) < 4.78 is 0. The number of nitrogens with two attached hydrogens (primary N) is 1. The third-order valence-corrected chi connectivity index (χ3v) is 5.41. The van der Waals surface area contributed by atoms with Crippen LogP contribution in [-0.2, 0) is 11.3 Å². The van der Waals surface area contributed by atoms with E-state index in [2.05, 4.69) is 10.3 Å². The summed E-state index contributed by atoms with van der Waals surface area (Å²) in [6.07, 6.45) is 1.63. The summed E-state index contributed by atoms with van der Waals surface area (Å²) in [7, 11) is 0. The summed E-state index contributed by atoms with van der Waals surface area (Å²) in [6.45, 7) is 1.25. The van der Waals surface area contributed by atoms with Crippen LogP contribution < -0.4 is 11.1 Å². The van der Waals surface area contributed by atoms with Crippen molar-refractivity contribution in [2.24, 2.45) is 5.73 Å². The number of nitrogens with one attached hydrogen (secondary N) is 2. The number of non-ortho nitro benzene ring substituents is 1. The molecule has 30 heavy (non-hydrogen) atoms. The van der Waals surface area contributed by atoms with Crippen molar-refractivity contribution < 1.29 is 14.5 Å². The fourth-order valence-electron chi connectivity index (χ4n) is 3.94. The number of rotatable bonds is 6. The Labute approximate surface area is 172 Å². The molecule has 0 spiro atoms. The van der Waals surface area contributed by atoms with Crippen molar-refractivity contribution in [3.8, 4) is 0 Å². The van der Waals surface area contributed by atoms with Crippen LogP contribution in [0.25, 0.3) is 10.9 Å². The molecule has 1 fully saturated rings.